The van der Waals surface area contributed by atoms with E-state index in [-0.39, 0.29) is 18.7 Å². The van der Waals surface area contributed by atoms with Crippen LogP contribution in [0.15, 0.2) is 24.3 Å². The number of carbonyl (C=O) groups excluding carboxylic acids is 1. The Morgan fingerprint density at radius 2 is 2.41 bits per heavy atom. The second kappa shape index (κ2) is 5.04. The Kier molecular flexibility index (Phi) is 3.47. The summed E-state index contributed by atoms with van der Waals surface area (Å²) in [4.78, 5) is 10.7. The predicted molar refractivity (Wildman–Crippen MR) is 63.0 cm³/mol. The van der Waals surface area contributed by atoms with Crippen LogP contribution in [0.3, 0.4) is 0 Å². The Hall–Kier alpha value is -1.78. The van der Waals surface area contributed by atoms with E-state index in [0.717, 1.165) is 5.56 Å². The topological polar surface area (TPSA) is 35.5 Å². The summed E-state index contributed by atoms with van der Waals surface area (Å²) in [6, 6.07) is 5.21. The number of carbonyl (C=O) groups is 1. The number of fused-ring (bicyclic) bond motifs is 1. The second-order valence-corrected chi connectivity index (χ2v) is 3.69. The summed E-state index contributed by atoms with van der Waals surface area (Å²) in [5.41, 5.74) is 1.20. The standard InChI is InChI=1S/C12H11BFO3/c1-8(15)16-7-10-6-5-9-3-2-4-11(13-14)12(9)17-10/h2-6,10H,7H2,1H3/t10-/m1/s1. The van der Waals surface area contributed by atoms with Crippen molar-refractivity contribution < 1.29 is 18.6 Å². The minimum atomic E-state index is -0.368. The molecule has 0 fully saturated rings. The van der Waals surface area contributed by atoms with E-state index in [4.69, 9.17) is 9.47 Å². The number of halogens is 1. The highest BCUT2D eigenvalue weighted by Crippen LogP contribution is 2.23. The minimum Gasteiger partial charge on any atom is -0.483 e. The zero-order valence-electron chi connectivity index (χ0n) is 9.35. The van der Waals surface area contributed by atoms with Gasteiger partial charge in [0, 0.05) is 12.5 Å². The van der Waals surface area contributed by atoms with E-state index in [9.17, 15) is 9.11 Å². The van der Waals surface area contributed by atoms with Gasteiger partial charge in [-0.3, -0.25) is 4.79 Å². The summed E-state index contributed by atoms with van der Waals surface area (Å²) in [6.07, 6.45) is 3.25. The second-order valence-electron chi connectivity index (χ2n) is 3.69. The number of esters is 1. The third-order valence-electron chi connectivity index (χ3n) is 2.40. The molecule has 0 spiro atoms. The zero-order chi connectivity index (χ0) is 12.3. The number of rotatable bonds is 3. The highest BCUT2D eigenvalue weighted by atomic mass is 19.1. The van der Waals surface area contributed by atoms with Gasteiger partial charge in [-0.2, -0.15) is 0 Å². The first-order valence-corrected chi connectivity index (χ1v) is 5.25. The highest BCUT2D eigenvalue weighted by molar-refractivity contribution is 6.47. The summed E-state index contributed by atoms with van der Waals surface area (Å²) in [7, 11) is 0.501. The first-order valence-electron chi connectivity index (χ1n) is 5.25. The van der Waals surface area contributed by atoms with Gasteiger partial charge in [0.15, 0.2) is 6.10 Å². The predicted octanol–water partition coefficient (Wildman–Crippen LogP) is 1.24. The summed E-state index contributed by atoms with van der Waals surface area (Å²) in [6.45, 7) is 1.47. The quantitative estimate of drug-likeness (QED) is 0.582. The molecule has 1 aromatic rings. The molecule has 0 bridgehead atoms. The average molecular weight is 233 g/mol. The van der Waals surface area contributed by atoms with E-state index in [0.29, 0.717) is 18.8 Å². The van der Waals surface area contributed by atoms with Crippen LogP contribution in [0.4, 0.5) is 4.32 Å². The molecule has 0 unspecified atom stereocenters. The molecule has 1 aromatic carbocycles. The zero-order valence-corrected chi connectivity index (χ0v) is 9.35. The van der Waals surface area contributed by atoms with Crippen LogP contribution in [-0.2, 0) is 9.53 Å². The lowest BCUT2D eigenvalue weighted by Gasteiger charge is -2.22. The van der Waals surface area contributed by atoms with Crippen LogP contribution >= 0.6 is 0 Å². The van der Waals surface area contributed by atoms with Gasteiger partial charge in [0.2, 0.25) is 0 Å². The molecular weight excluding hydrogens is 222 g/mol. The fourth-order valence-corrected chi connectivity index (χ4v) is 1.62. The molecule has 0 saturated carbocycles. The van der Waals surface area contributed by atoms with Gasteiger partial charge in [0.05, 0.1) is 0 Å². The number of ether oxygens (including phenoxy) is 2. The first kappa shape index (κ1) is 11.7. The van der Waals surface area contributed by atoms with Gasteiger partial charge in [-0.15, -0.1) is 0 Å². The summed E-state index contributed by atoms with van der Waals surface area (Å²) in [5, 5.41) is 0. The minimum absolute atomic E-state index is 0.131. The lowest BCUT2D eigenvalue weighted by Crippen LogP contribution is -2.28. The number of para-hydroxylation sites is 1. The highest BCUT2D eigenvalue weighted by Gasteiger charge is 2.19. The Bertz CT molecular complexity index is 459. The average Bonchev–Trinajstić information content (AvgIpc) is 2.35. The van der Waals surface area contributed by atoms with Gasteiger partial charge in [-0.05, 0) is 11.5 Å². The van der Waals surface area contributed by atoms with E-state index in [1.54, 1.807) is 18.2 Å². The molecule has 1 aliphatic heterocycles. The number of hydrogen-bond acceptors (Lipinski definition) is 3. The smallest absolute Gasteiger partial charge is 0.395 e. The van der Waals surface area contributed by atoms with Gasteiger partial charge in [-0.25, -0.2) is 0 Å². The van der Waals surface area contributed by atoms with Gasteiger partial charge >= 0.3 is 13.5 Å². The van der Waals surface area contributed by atoms with Crippen molar-refractivity contribution >= 4 is 25.1 Å². The maximum atomic E-state index is 12.6. The van der Waals surface area contributed by atoms with Gasteiger partial charge in [-0.1, -0.05) is 24.3 Å². The first-order chi connectivity index (χ1) is 8.20. The molecule has 0 aliphatic carbocycles. The lowest BCUT2D eigenvalue weighted by atomic mass is 9.88. The summed E-state index contributed by atoms with van der Waals surface area (Å²) in [5.74, 6) is 0.118. The molecule has 5 heteroatoms. The van der Waals surface area contributed by atoms with E-state index < -0.39 is 0 Å². The maximum absolute atomic E-state index is 12.6. The van der Waals surface area contributed by atoms with Crippen molar-refractivity contribution in [3.8, 4) is 5.75 Å². The van der Waals surface area contributed by atoms with Crippen LogP contribution in [0.25, 0.3) is 6.08 Å². The van der Waals surface area contributed by atoms with Crippen LogP contribution in [0.5, 0.6) is 5.75 Å². The third kappa shape index (κ3) is 2.67. The molecule has 2 rings (SSSR count). The van der Waals surface area contributed by atoms with Crippen molar-refractivity contribution in [1.29, 1.82) is 0 Å². The van der Waals surface area contributed by atoms with Crippen LogP contribution in [-0.4, -0.2) is 26.2 Å². The monoisotopic (exact) mass is 233 g/mol. The van der Waals surface area contributed by atoms with E-state index >= 15 is 0 Å². The molecule has 0 aromatic heterocycles. The Balaban J connectivity index is 2.14. The lowest BCUT2D eigenvalue weighted by molar-refractivity contribution is -0.142. The number of hydrogen-bond donors (Lipinski definition) is 0. The van der Waals surface area contributed by atoms with Crippen LogP contribution in [0.2, 0.25) is 0 Å². The van der Waals surface area contributed by atoms with Crippen molar-refractivity contribution in [2.45, 2.75) is 13.0 Å². The molecule has 0 amide bonds. The van der Waals surface area contributed by atoms with Gasteiger partial charge < -0.3 is 13.8 Å². The molecule has 87 valence electrons. The Morgan fingerprint density at radius 1 is 1.59 bits per heavy atom. The fraction of sp³-hybridized carbons (Fsp3) is 0.250. The van der Waals surface area contributed by atoms with Crippen molar-refractivity contribution in [3.05, 3.63) is 29.8 Å². The van der Waals surface area contributed by atoms with Crippen molar-refractivity contribution in [1.82, 2.24) is 0 Å². The molecule has 0 saturated heterocycles. The SMILES string of the molecule is CC(=O)OC[C@H]1C=Cc2cccc([B]F)c2O1. The van der Waals surface area contributed by atoms with Crippen LogP contribution in [0, 0.1) is 0 Å². The van der Waals surface area contributed by atoms with Crippen molar-refractivity contribution in [3.63, 3.8) is 0 Å². The molecule has 1 heterocycles. The Morgan fingerprint density at radius 3 is 3.12 bits per heavy atom. The largest absolute Gasteiger partial charge is 0.483 e. The molecule has 3 nitrogen and oxygen atoms in total. The molecule has 1 atom stereocenters. The van der Waals surface area contributed by atoms with Crippen molar-refractivity contribution in [2.24, 2.45) is 0 Å². The molecule has 0 N–H and O–H groups in total. The van der Waals surface area contributed by atoms with E-state index in [2.05, 4.69) is 0 Å². The maximum Gasteiger partial charge on any atom is 0.395 e. The third-order valence-corrected chi connectivity index (χ3v) is 2.40. The molecule has 17 heavy (non-hydrogen) atoms. The number of benzene rings is 1. The van der Waals surface area contributed by atoms with Crippen LogP contribution in [0.1, 0.15) is 12.5 Å². The van der Waals surface area contributed by atoms with E-state index in [1.807, 2.05) is 12.1 Å². The molecular formula is C12H11BFO3. The Labute approximate surface area is 99.5 Å². The normalized spacial score (nSPS) is 16.9. The summed E-state index contributed by atoms with van der Waals surface area (Å²) >= 11 is 0. The summed E-state index contributed by atoms with van der Waals surface area (Å²) < 4.78 is 23.1. The molecule has 1 aliphatic rings. The van der Waals surface area contributed by atoms with Gasteiger partial charge in [0.1, 0.15) is 12.4 Å². The van der Waals surface area contributed by atoms with E-state index in [1.165, 1.54) is 6.92 Å². The van der Waals surface area contributed by atoms with Crippen molar-refractivity contribution in [2.75, 3.05) is 6.61 Å². The molecule has 1 radical (unpaired) electrons. The van der Waals surface area contributed by atoms with Gasteiger partial charge in [0.25, 0.3) is 0 Å². The fourth-order valence-electron chi connectivity index (χ4n) is 1.62. The van der Waals surface area contributed by atoms with Crippen LogP contribution < -0.4 is 10.2 Å².